The van der Waals surface area contributed by atoms with Gasteiger partial charge in [-0.25, -0.2) is 4.79 Å². The number of hydrogen-bond donors (Lipinski definition) is 1. The SMILES string of the molecule is CCOC(=O)NC1CCCN(C(=O)CCCOc2cccc(Cl)c2Cl)C1. The van der Waals surface area contributed by atoms with Crippen LogP contribution in [-0.2, 0) is 9.53 Å². The maximum atomic E-state index is 12.4. The van der Waals surface area contributed by atoms with Crippen molar-refractivity contribution in [2.24, 2.45) is 0 Å². The van der Waals surface area contributed by atoms with Crippen molar-refractivity contribution < 1.29 is 19.1 Å². The van der Waals surface area contributed by atoms with Crippen LogP contribution in [0, 0.1) is 0 Å². The van der Waals surface area contributed by atoms with Crippen molar-refractivity contribution in [1.82, 2.24) is 10.2 Å². The summed E-state index contributed by atoms with van der Waals surface area (Å²) in [7, 11) is 0. The molecule has 0 aromatic heterocycles. The molecule has 1 N–H and O–H groups in total. The molecular formula is C18H24Cl2N2O4. The zero-order valence-corrected chi connectivity index (χ0v) is 16.3. The third-order valence-corrected chi connectivity index (χ3v) is 4.88. The number of carbonyl (C=O) groups excluding carboxylic acids is 2. The van der Waals surface area contributed by atoms with Gasteiger partial charge in [0.2, 0.25) is 5.91 Å². The van der Waals surface area contributed by atoms with Gasteiger partial charge in [-0.1, -0.05) is 29.3 Å². The van der Waals surface area contributed by atoms with Crippen LogP contribution in [0.4, 0.5) is 4.79 Å². The van der Waals surface area contributed by atoms with E-state index in [1.807, 2.05) is 0 Å². The van der Waals surface area contributed by atoms with E-state index in [-0.39, 0.29) is 11.9 Å². The van der Waals surface area contributed by atoms with Crippen molar-refractivity contribution in [2.45, 2.75) is 38.6 Å². The fourth-order valence-corrected chi connectivity index (χ4v) is 3.17. The first-order valence-electron chi connectivity index (χ1n) is 8.79. The van der Waals surface area contributed by atoms with E-state index >= 15 is 0 Å². The van der Waals surface area contributed by atoms with Crippen LogP contribution in [0.1, 0.15) is 32.6 Å². The summed E-state index contributed by atoms with van der Waals surface area (Å²) in [6.07, 6.45) is 2.23. The van der Waals surface area contributed by atoms with E-state index < -0.39 is 6.09 Å². The van der Waals surface area contributed by atoms with Crippen LogP contribution in [-0.4, -0.2) is 49.2 Å². The topological polar surface area (TPSA) is 67.9 Å². The predicted octanol–water partition coefficient (Wildman–Crippen LogP) is 3.89. The quantitative estimate of drug-likeness (QED) is 0.702. The van der Waals surface area contributed by atoms with Crippen LogP contribution in [0.15, 0.2) is 18.2 Å². The van der Waals surface area contributed by atoms with Crippen molar-refractivity contribution in [3.8, 4) is 5.75 Å². The van der Waals surface area contributed by atoms with Gasteiger partial charge < -0.3 is 19.7 Å². The number of piperidine rings is 1. The lowest BCUT2D eigenvalue weighted by Gasteiger charge is -2.33. The van der Waals surface area contributed by atoms with E-state index in [9.17, 15) is 9.59 Å². The second-order valence-corrected chi connectivity index (χ2v) is 6.83. The molecule has 2 rings (SSSR count). The summed E-state index contributed by atoms with van der Waals surface area (Å²) in [5, 5.41) is 3.62. The van der Waals surface area contributed by atoms with Crippen LogP contribution >= 0.6 is 23.2 Å². The van der Waals surface area contributed by atoms with E-state index in [1.54, 1.807) is 30.0 Å². The Morgan fingerprint density at radius 3 is 2.92 bits per heavy atom. The maximum absolute atomic E-state index is 12.4. The average molecular weight is 403 g/mol. The Kier molecular flexibility index (Phi) is 8.32. The number of benzene rings is 1. The van der Waals surface area contributed by atoms with Gasteiger partial charge in [0, 0.05) is 25.6 Å². The molecule has 0 spiro atoms. The number of halogens is 2. The Hall–Kier alpha value is -1.66. The van der Waals surface area contributed by atoms with Gasteiger partial charge in [0.1, 0.15) is 10.8 Å². The van der Waals surface area contributed by atoms with E-state index in [2.05, 4.69) is 5.32 Å². The molecule has 8 heteroatoms. The molecule has 1 saturated heterocycles. The fraction of sp³-hybridized carbons (Fsp3) is 0.556. The lowest BCUT2D eigenvalue weighted by atomic mass is 10.1. The summed E-state index contributed by atoms with van der Waals surface area (Å²) in [5.74, 6) is 0.574. The molecule has 0 bridgehead atoms. The second kappa shape index (κ2) is 10.5. The molecule has 0 radical (unpaired) electrons. The summed E-state index contributed by atoms with van der Waals surface area (Å²) < 4.78 is 10.5. The minimum Gasteiger partial charge on any atom is -0.492 e. The number of carbonyl (C=O) groups is 2. The summed E-state index contributed by atoms with van der Waals surface area (Å²) in [4.78, 5) is 25.7. The zero-order chi connectivity index (χ0) is 18.9. The number of hydrogen-bond acceptors (Lipinski definition) is 4. The van der Waals surface area contributed by atoms with Crippen LogP contribution in [0.25, 0.3) is 0 Å². The van der Waals surface area contributed by atoms with Gasteiger partial charge in [-0.05, 0) is 38.3 Å². The largest absolute Gasteiger partial charge is 0.492 e. The van der Waals surface area contributed by atoms with Crippen LogP contribution in [0.3, 0.4) is 0 Å². The van der Waals surface area contributed by atoms with Crippen molar-refractivity contribution in [2.75, 3.05) is 26.3 Å². The molecule has 144 valence electrons. The first kappa shape index (κ1) is 20.6. The van der Waals surface area contributed by atoms with Crippen LogP contribution in [0.5, 0.6) is 5.75 Å². The smallest absolute Gasteiger partial charge is 0.407 e. The highest BCUT2D eigenvalue weighted by Gasteiger charge is 2.24. The lowest BCUT2D eigenvalue weighted by molar-refractivity contribution is -0.132. The number of amides is 2. The maximum Gasteiger partial charge on any atom is 0.407 e. The summed E-state index contributed by atoms with van der Waals surface area (Å²) in [6.45, 7) is 3.69. The highest BCUT2D eigenvalue weighted by atomic mass is 35.5. The normalized spacial score (nSPS) is 16.9. The van der Waals surface area contributed by atoms with Gasteiger partial charge in [0.15, 0.2) is 0 Å². The van der Waals surface area contributed by atoms with Gasteiger partial charge >= 0.3 is 6.09 Å². The van der Waals surface area contributed by atoms with Crippen molar-refractivity contribution in [3.63, 3.8) is 0 Å². The van der Waals surface area contributed by atoms with E-state index in [0.717, 1.165) is 12.8 Å². The molecule has 0 aliphatic carbocycles. The molecule has 1 aliphatic rings. The van der Waals surface area contributed by atoms with Gasteiger partial charge in [-0.15, -0.1) is 0 Å². The van der Waals surface area contributed by atoms with Gasteiger partial charge in [-0.3, -0.25) is 4.79 Å². The van der Waals surface area contributed by atoms with Crippen LogP contribution in [0.2, 0.25) is 10.0 Å². The lowest BCUT2D eigenvalue weighted by Crippen LogP contribution is -2.49. The highest BCUT2D eigenvalue weighted by Crippen LogP contribution is 2.31. The molecule has 1 aliphatic heterocycles. The van der Waals surface area contributed by atoms with Gasteiger partial charge in [-0.2, -0.15) is 0 Å². The van der Waals surface area contributed by atoms with Crippen molar-refractivity contribution >= 4 is 35.2 Å². The van der Waals surface area contributed by atoms with Crippen LogP contribution < -0.4 is 10.1 Å². The van der Waals surface area contributed by atoms with Gasteiger partial charge in [0.25, 0.3) is 0 Å². The Balaban J connectivity index is 1.71. The zero-order valence-electron chi connectivity index (χ0n) is 14.8. The third kappa shape index (κ3) is 6.25. The summed E-state index contributed by atoms with van der Waals surface area (Å²) >= 11 is 12.0. The molecule has 1 fully saturated rings. The minimum atomic E-state index is -0.432. The Morgan fingerprint density at radius 1 is 1.35 bits per heavy atom. The van der Waals surface area contributed by atoms with Gasteiger partial charge in [0.05, 0.1) is 18.2 Å². The molecule has 6 nitrogen and oxygen atoms in total. The Bertz CT molecular complexity index is 627. The number of likely N-dealkylation sites (tertiary alicyclic amines) is 1. The first-order valence-corrected chi connectivity index (χ1v) is 9.54. The van der Waals surface area contributed by atoms with E-state index in [0.29, 0.717) is 54.9 Å². The Labute approximate surface area is 163 Å². The average Bonchev–Trinajstić information content (AvgIpc) is 2.62. The Morgan fingerprint density at radius 2 is 2.15 bits per heavy atom. The number of alkyl carbamates (subject to hydrolysis) is 1. The number of rotatable bonds is 7. The molecule has 1 aromatic rings. The molecule has 26 heavy (non-hydrogen) atoms. The molecule has 1 heterocycles. The van der Waals surface area contributed by atoms with Crippen molar-refractivity contribution in [3.05, 3.63) is 28.2 Å². The second-order valence-electron chi connectivity index (χ2n) is 6.05. The first-order chi connectivity index (χ1) is 12.5. The summed E-state index contributed by atoms with van der Waals surface area (Å²) in [6, 6.07) is 5.14. The standard InChI is InChI=1S/C18H24Cl2N2O4/c1-2-25-18(24)21-13-6-4-10-22(12-13)16(23)9-5-11-26-15-8-3-7-14(19)17(15)20/h3,7-8,13H,2,4-6,9-12H2,1H3,(H,21,24). The predicted molar refractivity (Wildman–Crippen MR) is 101 cm³/mol. The minimum absolute atomic E-state index is 0.0566. The molecular weight excluding hydrogens is 379 g/mol. The van der Waals surface area contributed by atoms with E-state index in [1.165, 1.54) is 0 Å². The fourth-order valence-electron chi connectivity index (χ4n) is 2.82. The molecule has 1 aromatic carbocycles. The number of ether oxygens (including phenoxy) is 2. The molecule has 1 atom stereocenters. The molecule has 1 unspecified atom stereocenters. The molecule has 2 amide bonds. The summed E-state index contributed by atoms with van der Waals surface area (Å²) in [5.41, 5.74) is 0. The number of nitrogens with zero attached hydrogens (tertiary/aromatic N) is 1. The monoisotopic (exact) mass is 402 g/mol. The highest BCUT2D eigenvalue weighted by molar-refractivity contribution is 6.42. The molecule has 0 saturated carbocycles. The third-order valence-electron chi connectivity index (χ3n) is 4.08. The van der Waals surface area contributed by atoms with Crippen molar-refractivity contribution in [1.29, 1.82) is 0 Å². The van der Waals surface area contributed by atoms with E-state index in [4.69, 9.17) is 32.7 Å². The number of nitrogens with one attached hydrogen (secondary N) is 1.